The van der Waals surface area contributed by atoms with Gasteiger partial charge in [0.25, 0.3) is 0 Å². The summed E-state index contributed by atoms with van der Waals surface area (Å²) in [6.45, 7) is 5.52. The van der Waals surface area contributed by atoms with Gasteiger partial charge in [-0.2, -0.15) is 0 Å². The fraction of sp³-hybridized carbons (Fsp3) is 0.545. The van der Waals surface area contributed by atoms with E-state index in [2.05, 4.69) is 43.0 Å². The quantitative estimate of drug-likeness (QED) is 0.378. The van der Waals surface area contributed by atoms with Crippen LogP contribution >= 0.6 is 27.3 Å². The van der Waals surface area contributed by atoms with E-state index in [4.69, 9.17) is 10.9 Å². The molecule has 1 aromatic rings. The first-order valence-corrected chi connectivity index (χ1v) is 7.43. The highest BCUT2D eigenvalue weighted by Crippen LogP contribution is 2.23. The lowest BCUT2D eigenvalue weighted by Gasteiger charge is -2.34. The average molecular weight is 333 g/mol. The van der Waals surface area contributed by atoms with Crippen LogP contribution in [0, 0.1) is 0 Å². The van der Waals surface area contributed by atoms with Crippen LogP contribution in [-0.2, 0) is 6.54 Å². The molecule has 0 amide bonds. The number of nitrogens with two attached hydrogens (primary N) is 1. The molecule has 5 nitrogen and oxygen atoms in total. The number of hydrogen-bond acceptors (Lipinski definition) is 5. The summed E-state index contributed by atoms with van der Waals surface area (Å²) in [5.41, 5.74) is 5.51. The van der Waals surface area contributed by atoms with Crippen molar-refractivity contribution in [3.8, 4) is 0 Å². The van der Waals surface area contributed by atoms with E-state index in [0.717, 1.165) is 32.7 Å². The van der Waals surface area contributed by atoms with E-state index in [1.54, 1.807) is 11.3 Å². The molecule has 0 spiro atoms. The molecule has 3 N–H and O–H groups in total. The Hall–Kier alpha value is -0.630. The van der Waals surface area contributed by atoms with E-state index in [-0.39, 0.29) is 5.84 Å². The number of nitrogens with zero attached hydrogens (tertiary/aromatic N) is 3. The lowest BCUT2D eigenvalue weighted by atomic mass is 10.3. The molecule has 0 aromatic carbocycles. The number of hydrogen-bond donors (Lipinski definition) is 2. The van der Waals surface area contributed by atoms with Gasteiger partial charge in [-0.3, -0.25) is 9.80 Å². The predicted octanol–water partition coefficient (Wildman–Crippen LogP) is 1.37. The van der Waals surface area contributed by atoms with E-state index < -0.39 is 0 Å². The topological polar surface area (TPSA) is 65.1 Å². The Morgan fingerprint density at radius 3 is 2.56 bits per heavy atom. The third-order valence-electron chi connectivity index (χ3n) is 2.99. The van der Waals surface area contributed by atoms with Crippen LogP contribution < -0.4 is 5.73 Å². The first-order chi connectivity index (χ1) is 8.67. The molecular weight excluding hydrogens is 316 g/mol. The van der Waals surface area contributed by atoms with E-state index in [1.807, 2.05) is 0 Å². The fourth-order valence-corrected chi connectivity index (χ4v) is 3.55. The fourth-order valence-electron chi connectivity index (χ4n) is 2.02. The minimum Gasteiger partial charge on any atom is -0.409 e. The largest absolute Gasteiger partial charge is 0.409 e. The lowest BCUT2D eigenvalue weighted by Crippen LogP contribution is -2.48. The van der Waals surface area contributed by atoms with Crippen molar-refractivity contribution in [2.75, 3.05) is 32.7 Å². The maximum Gasteiger partial charge on any atom is 0.153 e. The van der Waals surface area contributed by atoms with E-state index in [1.165, 1.54) is 8.66 Å². The molecular formula is C11H17BrN4OS. The summed E-state index contributed by atoms with van der Waals surface area (Å²) in [5, 5.41) is 11.5. The highest BCUT2D eigenvalue weighted by atomic mass is 79.9. The molecule has 1 aromatic heterocycles. The second kappa shape index (κ2) is 6.51. The predicted molar refractivity (Wildman–Crippen MR) is 77.1 cm³/mol. The van der Waals surface area contributed by atoms with E-state index in [9.17, 15) is 0 Å². The van der Waals surface area contributed by atoms with Gasteiger partial charge in [-0.05, 0) is 28.1 Å². The van der Waals surface area contributed by atoms with Crippen molar-refractivity contribution in [2.24, 2.45) is 10.9 Å². The van der Waals surface area contributed by atoms with Crippen molar-refractivity contribution in [1.29, 1.82) is 0 Å². The Morgan fingerprint density at radius 1 is 1.33 bits per heavy atom. The molecule has 0 saturated carbocycles. The summed E-state index contributed by atoms with van der Waals surface area (Å²) in [6.07, 6.45) is 0. The monoisotopic (exact) mass is 332 g/mol. The van der Waals surface area contributed by atoms with Gasteiger partial charge in [0.15, 0.2) is 5.84 Å². The summed E-state index contributed by atoms with van der Waals surface area (Å²) < 4.78 is 1.18. The van der Waals surface area contributed by atoms with Gasteiger partial charge >= 0.3 is 0 Å². The van der Waals surface area contributed by atoms with Gasteiger partial charge in [0.05, 0.1) is 10.3 Å². The van der Waals surface area contributed by atoms with Crippen molar-refractivity contribution >= 4 is 33.1 Å². The lowest BCUT2D eigenvalue weighted by molar-refractivity contribution is 0.140. The summed E-state index contributed by atoms with van der Waals surface area (Å²) >= 11 is 5.27. The minimum absolute atomic E-state index is 0.283. The van der Waals surface area contributed by atoms with Gasteiger partial charge < -0.3 is 10.9 Å². The highest BCUT2D eigenvalue weighted by molar-refractivity contribution is 9.11. The first kappa shape index (κ1) is 13.8. The molecule has 7 heteroatoms. The molecule has 0 bridgehead atoms. The Morgan fingerprint density at radius 2 is 2.00 bits per heavy atom. The van der Waals surface area contributed by atoms with E-state index in [0.29, 0.717) is 6.54 Å². The van der Waals surface area contributed by atoms with Gasteiger partial charge in [0.2, 0.25) is 0 Å². The number of rotatable bonds is 4. The summed E-state index contributed by atoms with van der Waals surface area (Å²) in [7, 11) is 0. The molecule has 1 aliphatic rings. The SMILES string of the molecule is N/C(CN1CCN(Cc2ccc(Br)s2)CC1)=N\O. The van der Waals surface area contributed by atoms with Crippen LogP contribution in [0.4, 0.5) is 0 Å². The van der Waals surface area contributed by atoms with Crippen molar-refractivity contribution in [1.82, 2.24) is 9.80 Å². The van der Waals surface area contributed by atoms with Crippen LogP contribution in [0.25, 0.3) is 0 Å². The van der Waals surface area contributed by atoms with Gasteiger partial charge in [0.1, 0.15) is 0 Å². The summed E-state index contributed by atoms with van der Waals surface area (Å²) in [6, 6.07) is 4.26. The Bertz CT molecular complexity index is 415. The number of thiophene rings is 1. The van der Waals surface area contributed by atoms with Gasteiger partial charge in [0, 0.05) is 37.6 Å². The van der Waals surface area contributed by atoms with Crippen LogP contribution in [0.1, 0.15) is 4.88 Å². The summed E-state index contributed by atoms with van der Waals surface area (Å²) in [5.74, 6) is 0.283. The molecule has 18 heavy (non-hydrogen) atoms. The van der Waals surface area contributed by atoms with Crippen molar-refractivity contribution in [3.05, 3.63) is 20.8 Å². The molecule has 1 saturated heterocycles. The number of oxime groups is 1. The number of halogens is 1. The second-order valence-electron chi connectivity index (χ2n) is 4.35. The van der Waals surface area contributed by atoms with Crippen LogP contribution in [-0.4, -0.2) is 53.6 Å². The Kier molecular flexibility index (Phi) is 4.99. The van der Waals surface area contributed by atoms with Gasteiger partial charge in [-0.15, -0.1) is 11.3 Å². The Balaban J connectivity index is 1.76. The van der Waals surface area contributed by atoms with Crippen LogP contribution in [0.15, 0.2) is 21.1 Å². The number of piperazine rings is 1. The highest BCUT2D eigenvalue weighted by Gasteiger charge is 2.18. The zero-order chi connectivity index (χ0) is 13.0. The van der Waals surface area contributed by atoms with Crippen molar-refractivity contribution in [2.45, 2.75) is 6.54 Å². The van der Waals surface area contributed by atoms with Crippen LogP contribution in [0.5, 0.6) is 0 Å². The van der Waals surface area contributed by atoms with Gasteiger partial charge in [-0.1, -0.05) is 5.16 Å². The van der Waals surface area contributed by atoms with Gasteiger partial charge in [-0.25, -0.2) is 0 Å². The zero-order valence-electron chi connectivity index (χ0n) is 10.0. The molecule has 0 atom stereocenters. The van der Waals surface area contributed by atoms with Crippen LogP contribution in [0.3, 0.4) is 0 Å². The van der Waals surface area contributed by atoms with Crippen molar-refractivity contribution < 1.29 is 5.21 Å². The molecule has 0 unspecified atom stereocenters. The maximum atomic E-state index is 8.54. The van der Waals surface area contributed by atoms with Crippen LogP contribution in [0.2, 0.25) is 0 Å². The Labute approximate surface area is 119 Å². The van der Waals surface area contributed by atoms with Crippen molar-refractivity contribution in [3.63, 3.8) is 0 Å². The standard InChI is InChI=1S/C11H17BrN4OS/c12-10-2-1-9(18-10)7-15-3-5-16(6-4-15)8-11(13)14-17/h1-2,17H,3-8H2,(H2,13,14). The smallest absolute Gasteiger partial charge is 0.153 e. The zero-order valence-corrected chi connectivity index (χ0v) is 12.5. The maximum absolute atomic E-state index is 8.54. The normalized spacial score (nSPS) is 19.3. The molecule has 1 aliphatic heterocycles. The number of amidine groups is 1. The molecule has 2 heterocycles. The third-order valence-corrected chi connectivity index (χ3v) is 4.60. The van der Waals surface area contributed by atoms with E-state index >= 15 is 0 Å². The average Bonchev–Trinajstić information content (AvgIpc) is 2.77. The molecule has 1 fully saturated rings. The molecule has 100 valence electrons. The second-order valence-corrected chi connectivity index (χ2v) is 6.90. The molecule has 0 radical (unpaired) electrons. The third kappa shape index (κ3) is 3.94. The minimum atomic E-state index is 0.283. The molecule has 0 aliphatic carbocycles. The molecule has 2 rings (SSSR count). The summed E-state index contributed by atoms with van der Waals surface area (Å²) in [4.78, 5) is 6.02. The first-order valence-electron chi connectivity index (χ1n) is 5.82.